The van der Waals surface area contributed by atoms with Crippen molar-refractivity contribution in [3.8, 4) is 0 Å². The molecule has 142 valence electrons. The van der Waals surface area contributed by atoms with Crippen LogP contribution in [0.4, 0.5) is 0 Å². The molecule has 1 aromatic heterocycles. The van der Waals surface area contributed by atoms with Gasteiger partial charge in [-0.25, -0.2) is 0 Å². The van der Waals surface area contributed by atoms with Gasteiger partial charge in [-0.3, -0.25) is 9.78 Å². The van der Waals surface area contributed by atoms with Crippen molar-refractivity contribution in [2.45, 2.75) is 25.4 Å². The topological polar surface area (TPSA) is 45.7 Å². The number of likely N-dealkylation sites (tertiary alicyclic amines) is 2. The lowest BCUT2D eigenvalue weighted by Gasteiger charge is -2.30. The Bertz CT molecular complexity index is 833. The van der Waals surface area contributed by atoms with E-state index in [4.69, 9.17) is 4.74 Å². The first-order valence-electron chi connectivity index (χ1n) is 10.3. The van der Waals surface area contributed by atoms with Crippen molar-refractivity contribution in [1.29, 1.82) is 0 Å². The molecule has 5 heteroatoms. The monoisotopic (exact) mass is 365 g/mol. The van der Waals surface area contributed by atoms with E-state index in [1.165, 1.54) is 32.4 Å². The normalized spacial score (nSPS) is 28.6. The van der Waals surface area contributed by atoms with E-state index in [2.05, 4.69) is 9.88 Å². The van der Waals surface area contributed by atoms with Gasteiger partial charge < -0.3 is 14.5 Å². The summed E-state index contributed by atoms with van der Waals surface area (Å²) < 4.78 is 6.08. The number of benzene rings is 1. The minimum atomic E-state index is 0.0861. The molecule has 1 amide bonds. The minimum Gasteiger partial charge on any atom is -0.376 e. The van der Waals surface area contributed by atoms with Crippen LogP contribution < -0.4 is 0 Å². The van der Waals surface area contributed by atoms with E-state index in [1.807, 2.05) is 35.2 Å². The third kappa shape index (κ3) is 3.34. The number of aromatic nitrogens is 1. The summed E-state index contributed by atoms with van der Waals surface area (Å²) in [4.78, 5) is 22.1. The summed E-state index contributed by atoms with van der Waals surface area (Å²) in [7, 11) is 0. The summed E-state index contributed by atoms with van der Waals surface area (Å²) in [5.74, 6) is 1.12. The fourth-order valence-electron chi connectivity index (χ4n) is 5.00. The first-order valence-corrected chi connectivity index (χ1v) is 10.3. The molecule has 2 aromatic rings. The van der Waals surface area contributed by atoms with Gasteiger partial charge in [0.05, 0.1) is 23.8 Å². The average molecular weight is 365 g/mol. The molecule has 3 aliphatic heterocycles. The molecule has 0 aliphatic carbocycles. The zero-order chi connectivity index (χ0) is 18.2. The van der Waals surface area contributed by atoms with Crippen molar-refractivity contribution in [2.75, 3.05) is 39.3 Å². The van der Waals surface area contributed by atoms with Gasteiger partial charge in [-0.2, -0.15) is 0 Å². The molecule has 0 bridgehead atoms. The second kappa shape index (κ2) is 7.21. The summed E-state index contributed by atoms with van der Waals surface area (Å²) in [6.45, 7) is 5.95. The molecule has 5 nitrogen and oxygen atoms in total. The van der Waals surface area contributed by atoms with Gasteiger partial charge in [0.25, 0.3) is 5.91 Å². The molecule has 3 aliphatic rings. The first-order chi connectivity index (χ1) is 13.3. The molecule has 27 heavy (non-hydrogen) atoms. The fraction of sp³-hybridized carbons (Fsp3) is 0.545. The zero-order valence-electron chi connectivity index (χ0n) is 15.7. The van der Waals surface area contributed by atoms with Crippen LogP contribution in [-0.2, 0) is 4.74 Å². The maximum Gasteiger partial charge on any atom is 0.255 e. The molecule has 0 radical (unpaired) electrons. The molecule has 0 spiro atoms. The van der Waals surface area contributed by atoms with E-state index < -0.39 is 0 Å². The van der Waals surface area contributed by atoms with Crippen LogP contribution in [0.1, 0.15) is 29.6 Å². The highest BCUT2D eigenvalue weighted by Crippen LogP contribution is 2.35. The largest absolute Gasteiger partial charge is 0.376 e. The molecule has 3 saturated heterocycles. The minimum absolute atomic E-state index is 0.0861. The van der Waals surface area contributed by atoms with Crippen LogP contribution in [0.3, 0.4) is 0 Å². The molecule has 5 rings (SSSR count). The third-order valence-corrected chi connectivity index (χ3v) is 6.50. The number of piperidine rings is 1. The average Bonchev–Trinajstić information content (AvgIpc) is 3.30. The molecular formula is C22H27N3O2. The Morgan fingerprint density at radius 2 is 2.00 bits per heavy atom. The maximum absolute atomic E-state index is 13.0. The molecule has 0 N–H and O–H groups in total. The van der Waals surface area contributed by atoms with E-state index in [1.54, 1.807) is 6.20 Å². The Morgan fingerprint density at radius 1 is 1.15 bits per heavy atom. The van der Waals surface area contributed by atoms with Crippen LogP contribution >= 0.6 is 0 Å². The molecule has 4 heterocycles. The van der Waals surface area contributed by atoms with Crippen molar-refractivity contribution >= 4 is 16.8 Å². The summed E-state index contributed by atoms with van der Waals surface area (Å²) >= 11 is 0. The van der Waals surface area contributed by atoms with Gasteiger partial charge in [0, 0.05) is 43.1 Å². The summed E-state index contributed by atoms with van der Waals surface area (Å²) in [5, 5.41) is 1.02. The SMILES string of the molecule is O=C(c1cnc2ccccc2c1)N1C[C@H]2[C@H](CN3CCCCC3)CO[C@H]2C1. The third-order valence-electron chi connectivity index (χ3n) is 6.50. The maximum atomic E-state index is 13.0. The molecular weight excluding hydrogens is 338 g/mol. The second-order valence-corrected chi connectivity index (χ2v) is 8.28. The van der Waals surface area contributed by atoms with E-state index >= 15 is 0 Å². The Hall–Kier alpha value is -1.98. The van der Waals surface area contributed by atoms with Crippen molar-refractivity contribution < 1.29 is 9.53 Å². The quantitative estimate of drug-likeness (QED) is 0.839. The number of fused-ring (bicyclic) bond motifs is 2. The van der Waals surface area contributed by atoms with Crippen molar-refractivity contribution in [3.05, 3.63) is 42.1 Å². The highest BCUT2D eigenvalue weighted by Gasteiger charge is 2.45. The number of carbonyl (C=O) groups is 1. The number of amides is 1. The molecule has 3 atom stereocenters. The van der Waals surface area contributed by atoms with Gasteiger partial charge in [0.15, 0.2) is 0 Å². The number of hydrogen-bond donors (Lipinski definition) is 0. The van der Waals surface area contributed by atoms with E-state index in [9.17, 15) is 4.79 Å². The summed E-state index contributed by atoms with van der Waals surface area (Å²) in [6.07, 6.45) is 5.93. The highest BCUT2D eigenvalue weighted by atomic mass is 16.5. The number of hydrogen-bond acceptors (Lipinski definition) is 4. The van der Waals surface area contributed by atoms with E-state index in [0.29, 0.717) is 23.9 Å². The Kier molecular flexibility index (Phi) is 4.58. The zero-order valence-corrected chi connectivity index (χ0v) is 15.7. The van der Waals surface area contributed by atoms with Crippen molar-refractivity contribution in [3.63, 3.8) is 0 Å². The lowest BCUT2D eigenvalue weighted by Crippen LogP contribution is -2.38. The summed E-state index contributed by atoms with van der Waals surface area (Å²) in [6, 6.07) is 9.90. The number of carbonyl (C=O) groups excluding carboxylic acids is 1. The van der Waals surface area contributed by atoms with E-state index in [-0.39, 0.29) is 12.0 Å². The van der Waals surface area contributed by atoms with Crippen LogP contribution in [0.25, 0.3) is 10.9 Å². The lowest BCUT2D eigenvalue weighted by molar-refractivity contribution is 0.0661. The van der Waals surface area contributed by atoms with Crippen LogP contribution in [0.5, 0.6) is 0 Å². The first kappa shape index (κ1) is 17.1. The van der Waals surface area contributed by atoms with Crippen LogP contribution in [0, 0.1) is 11.8 Å². The Labute approximate surface area is 160 Å². The second-order valence-electron chi connectivity index (χ2n) is 8.28. The lowest BCUT2D eigenvalue weighted by atomic mass is 9.92. The van der Waals surface area contributed by atoms with Crippen molar-refractivity contribution in [2.24, 2.45) is 11.8 Å². The van der Waals surface area contributed by atoms with Gasteiger partial charge in [-0.05, 0) is 38.1 Å². The van der Waals surface area contributed by atoms with Crippen molar-refractivity contribution in [1.82, 2.24) is 14.8 Å². The number of para-hydroxylation sites is 1. The number of nitrogens with zero attached hydrogens (tertiary/aromatic N) is 3. The molecule has 1 aromatic carbocycles. The van der Waals surface area contributed by atoms with E-state index in [0.717, 1.165) is 30.6 Å². The highest BCUT2D eigenvalue weighted by molar-refractivity contribution is 5.97. The molecule has 0 unspecified atom stereocenters. The number of rotatable bonds is 3. The predicted octanol–water partition coefficient (Wildman–Crippen LogP) is 2.81. The standard InChI is InChI=1S/C22H27N3O2/c26-22(17-10-16-6-2-3-7-20(16)23-11-17)25-13-19-18(15-27-21(19)14-25)12-24-8-4-1-5-9-24/h2-3,6-7,10-11,18-19,21H,1,4-5,8-9,12-15H2/t18-,19+,21+/m1/s1. The molecule has 3 fully saturated rings. The Balaban J connectivity index is 1.27. The smallest absolute Gasteiger partial charge is 0.255 e. The van der Waals surface area contributed by atoms with Crippen LogP contribution in [0.15, 0.2) is 36.5 Å². The van der Waals surface area contributed by atoms with Gasteiger partial charge in [0.1, 0.15) is 0 Å². The van der Waals surface area contributed by atoms with Gasteiger partial charge in [-0.1, -0.05) is 24.6 Å². The van der Waals surface area contributed by atoms with Gasteiger partial charge >= 0.3 is 0 Å². The predicted molar refractivity (Wildman–Crippen MR) is 105 cm³/mol. The Morgan fingerprint density at radius 3 is 2.89 bits per heavy atom. The van der Waals surface area contributed by atoms with Gasteiger partial charge in [0.2, 0.25) is 0 Å². The fourth-order valence-corrected chi connectivity index (χ4v) is 5.00. The number of pyridine rings is 1. The van der Waals surface area contributed by atoms with Crippen LogP contribution in [-0.4, -0.2) is 66.1 Å². The van der Waals surface area contributed by atoms with Gasteiger partial charge in [-0.15, -0.1) is 0 Å². The van der Waals surface area contributed by atoms with Crippen LogP contribution in [0.2, 0.25) is 0 Å². The molecule has 0 saturated carbocycles. The number of ether oxygens (including phenoxy) is 1. The summed E-state index contributed by atoms with van der Waals surface area (Å²) in [5.41, 5.74) is 1.61.